The van der Waals surface area contributed by atoms with Crippen LogP contribution in [0.25, 0.3) is 0 Å². The van der Waals surface area contributed by atoms with Gasteiger partial charge in [-0.25, -0.2) is 4.39 Å². The molecule has 1 rings (SSSR count). The van der Waals surface area contributed by atoms with Gasteiger partial charge in [-0.05, 0) is 31.2 Å². The second-order valence-corrected chi connectivity index (χ2v) is 4.07. The van der Waals surface area contributed by atoms with Crippen molar-refractivity contribution in [3.63, 3.8) is 0 Å². The smallest absolute Gasteiger partial charge is 0.254 e. The van der Waals surface area contributed by atoms with Crippen molar-refractivity contribution in [1.82, 2.24) is 10.6 Å². The average Bonchev–Trinajstić information content (AvgIpc) is 2.28. The van der Waals surface area contributed by atoms with Gasteiger partial charge in [-0.15, -0.1) is 12.4 Å². The van der Waals surface area contributed by atoms with Gasteiger partial charge in [0, 0.05) is 18.1 Å². The lowest BCUT2D eigenvalue weighted by Crippen LogP contribution is -2.32. The van der Waals surface area contributed by atoms with E-state index in [-0.39, 0.29) is 23.0 Å². The summed E-state index contributed by atoms with van der Waals surface area (Å²) in [7, 11) is 0. The minimum atomic E-state index is -0.600. The molecule has 0 aliphatic carbocycles. The van der Waals surface area contributed by atoms with Gasteiger partial charge in [0.05, 0.1) is 5.56 Å². The minimum absolute atomic E-state index is 0. The molecule has 0 heterocycles. The average molecular weight is 295 g/mol. The van der Waals surface area contributed by atoms with E-state index < -0.39 is 11.7 Å². The molecule has 0 aliphatic rings. The molecule has 0 bridgehead atoms. The molecule has 3 nitrogen and oxygen atoms in total. The highest BCUT2D eigenvalue weighted by Gasteiger charge is 2.10. The molecule has 0 unspecified atom stereocenters. The minimum Gasteiger partial charge on any atom is -0.351 e. The number of carbonyl (C=O) groups is 1. The number of hydrogen-bond acceptors (Lipinski definition) is 2. The van der Waals surface area contributed by atoms with Gasteiger partial charge in [0.25, 0.3) is 5.91 Å². The molecule has 1 amide bonds. The predicted molar refractivity (Wildman–Crippen MR) is 74.2 cm³/mol. The topological polar surface area (TPSA) is 41.1 Å². The van der Waals surface area contributed by atoms with E-state index in [2.05, 4.69) is 17.6 Å². The lowest BCUT2D eigenvalue weighted by Gasteiger charge is -2.07. The first kappa shape index (κ1) is 17.2. The lowest BCUT2D eigenvalue weighted by atomic mass is 10.2. The summed E-state index contributed by atoms with van der Waals surface area (Å²) in [5, 5.41) is 6.05. The van der Waals surface area contributed by atoms with Gasteiger partial charge in [-0.3, -0.25) is 4.79 Å². The molecular formula is C12H17Cl2FN2O. The lowest BCUT2D eigenvalue weighted by molar-refractivity contribution is 0.0950. The summed E-state index contributed by atoms with van der Waals surface area (Å²) in [5.41, 5.74) is 0.0184. The van der Waals surface area contributed by atoms with Crippen LogP contribution < -0.4 is 10.6 Å². The van der Waals surface area contributed by atoms with Crippen LogP contribution in [0.5, 0.6) is 0 Å². The molecule has 18 heavy (non-hydrogen) atoms. The first-order valence-electron chi connectivity index (χ1n) is 5.59. The number of nitrogens with one attached hydrogen (secondary N) is 2. The summed E-state index contributed by atoms with van der Waals surface area (Å²) in [5.74, 6) is -1.02. The summed E-state index contributed by atoms with van der Waals surface area (Å²) in [6, 6.07) is 4.01. The van der Waals surface area contributed by atoms with E-state index in [1.165, 1.54) is 12.1 Å². The number of amides is 1. The van der Waals surface area contributed by atoms with Crippen molar-refractivity contribution in [1.29, 1.82) is 0 Å². The van der Waals surface area contributed by atoms with Gasteiger partial charge in [-0.1, -0.05) is 18.5 Å². The Kier molecular flexibility index (Phi) is 8.71. The Morgan fingerprint density at radius 3 is 2.67 bits per heavy atom. The van der Waals surface area contributed by atoms with Gasteiger partial charge in [0.1, 0.15) is 5.82 Å². The molecule has 102 valence electrons. The molecule has 0 aliphatic heterocycles. The summed E-state index contributed by atoms with van der Waals surface area (Å²) in [6.07, 6.45) is 1.04. The Morgan fingerprint density at radius 1 is 1.33 bits per heavy atom. The first-order valence-corrected chi connectivity index (χ1v) is 5.97. The predicted octanol–water partition coefficient (Wildman–Crippen LogP) is 2.63. The number of benzene rings is 1. The molecule has 0 aromatic heterocycles. The van der Waals surface area contributed by atoms with Gasteiger partial charge < -0.3 is 10.6 Å². The van der Waals surface area contributed by atoms with E-state index in [4.69, 9.17) is 11.6 Å². The van der Waals surface area contributed by atoms with Crippen LogP contribution in [-0.4, -0.2) is 25.5 Å². The molecule has 1 aromatic carbocycles. The highest BCUT2D eigenvalue weighted by atomic mass is 35.5. The van der Waals surface area contributed by atoms with Gasteiger partial charge in [-0.2, -0.15) is 0 Å². The Balaban J connectivity index is 0.00000289. The number of rotatable bonds is 6. The second kappa shape index (κ2) is 9.14. The van der Waals surface area contributed by atoms with Crippen LogP contribution in [0.1, 0.15) is 23.7 Å². The number of carbonyl (C=O) groups excluding carboxylic acids is 1. The van der Waals surface area contributed by atoms with Gasteiger partial charge in [0.15, 0.2) is 0 Å². The molecule has 0 saturated heterocycles. The van der Waals surface area contributed by atoms with E-state index >= 15 is 0 Å². The highest BCUT2D eigenvalue weighted by molar-refractivity contribution is 6.30. The van der Waals surface area contributed by atoms with Crippen molar-refractivity contribution < 1.29 is 9.18 Å². The fraction of sp³-hybridized carbons (Fsp3) is 0.417. The normalized spacial score (nSPS) is 9.72. The Labute approximate surface area is 118 Å². The Morgan fingerprint density at radius 2 is 2.06 bits per heavy atom. The first-order chi connectivity index (χ1) is 8.15. The molecule has 2 N–H and O–H groups in total. The summed E-state index contributed by atoms with van der Waals surface area (Å²) < 4.78 is 13.4. The van der Waals surface area contributed by atoms with Crippen molar-refractivity contribution in [3.05, 3.63) is 34.6 Å². The number of halogens is 3. The fourth-order valence-electron chi connectivity index (χ4n) is 1.34. The van der Waals surface area contributed by atoms with Crippen LogP contribution in [0.15, 0.2) is 18.2 Å². The molecule has 0 fully saturated rings. The fourth-order valence-corrected chi connectivity index (χ4v) is 1.49. The third-order valence-electron chi connectivity index (χ3n) is 2.19. The van der Waals surface area contributed by atoms with E-state index in [1.807, 2.05) is 0 Å². The number of hydrogen-bond donors (Lipinski definition) is 2. The molecule has 6 heteroatoms. The van der Waals surface area contributed by atoms with Crippen LogP contribution in [0.2, 0.25) is 5.02 Å². The molecule has 0 atom stereocenters. The van der Waals surface area contributed by atoms with E-state index in [0.29, 0.717) is 13.1 Å². The Bertz CT molecular complexity index is 388. The zero-order valence-electron chi connectivity index (χ0n) is 10.1. The summed E-state index contributed by atoms with van der Waals surface area (Å²) in [4.78, 5) is 11.6. The highest BCUT2D eigenvalue weighted by Crippen LogP contribution is 2.14. The van der Waals surface area contributed by atoms with E-state index in [9.17, 15) is 9.18 Å². The molecular weight excluding hydrogens is 278 g/mol. The van der Waals surface area contributed by atoms with Crippen molar-refractivity contribution in [2.24, 2.45) is 0 Å². The molecule has 0 saturated carbocycles. The van der Waals surface area contributed by atoms with Crippen LogP contribution in [0, 0.1) is 5.82 Å². The summed E-state index contributed by atoms with van der Waals surface area (Å²) >= 11 is 5.60. The van der Waals surface area contributed by atoms with E-state index in [0.717, 1.165) is 19.0 Å². The molecule has 0 spiro atoms. The standard InChI is InChI=1S/C12H16ClFN2O.ClH/c1-2-5-15-6-7-16-12(17)10-4-3-9(13)8-11(10)14;/h3-4,8,15H,2,5-7H2,1H3,(H,16,17);1H. The van der Waals surface area contributed by atoms with Crippen molar-refractivity contribution >= 4 is 29.9 Å². The monoisotopic (exact) mass is 294 g/mol. The maximum absolute atomic E-state index is 13.4. The van der Waals surface area contributed by atoms with Gasteiger partial charge in [0.2, 0.25) is 0 Å². The van der Waals surface area contributed by atoms with Crippen LogP contribution in [-0.2, 0) is 0 Å². The summed E-state index contributed by atoms with van der Waals surface area (Å²) in [6.45, 7) is 4.12. The zero-order valence-corrected chi connectivity index (χ0v) is 11.7. The van der Waals surface area contributed by atoms with Crippen LogP contribution >= 0.6 is 24.0 Å². The SMILES string of the molecule is CCCNCCNC(=O)c1ccc(Cl)cc1F.Cl. The van der Waals surface area contributed by atoms with Gasteiger partial charge >= 0.3 is 0 Å². The zero-order chi connectivity index (χ0) is 12.7. The molecule has 1 aromatic rings. The van der Waals surface area contributed by atoms with E-state index in [1.54, 1.807) is 0 Å². The largest absolute Gasteiger partial charge is 0.351 e. The second-order valence-electron chi connectivity index (χ2n) is 3.63. The third-order valence-corrected chi connectivity index (χ3v) is 2.42. The quantitative estimate of drug-likeness (QED) is 0.792. The maximum atomic E-state index is 13.4. The van der Waals surface area contributed by atoms with Crippen molar-refractivity contribution in [3.8, 4) is 0 Å². The third kappa shape index (κ3) is 5.67. The van der Waals surface area contributed by atoms with Crippen molar-refractivity contribution in [2.75, 3.05) is 19.6 Å². The molecule has 0 radical (unpaired) electrons. The Hall–Kier alpha value is -0.840. The van der Waals surface area contributed by atoms with Crippen LogP contribution in [0.3, 0.4) is 0 Å². The maximum Gasteiger partial charge on any atom is 0.254 e. The van der Waals surface area contributed by atoms with Crippen molar-refractivity contribution in [2.45, 2.75) is 13.3 Å². The van der Waals surface area contributed by atoms with Crippen LogP contribution in [0.4, 0.5) is 4.39 Å².